The van der Waals surface area contributed by atoms with E-state index < -0.39 is 0 Å². The van der Waals surface area contributed by atoms with Gasteiger partial charge in [-0.25, -0.2) is 9.37 Å². The number of nitrogens with two attached hydrogens (primary N) is 2. The molecular formula is C25H22FN5OS. The number of pyridine rings is 1. The molecule has 6 nitrogen and oxygen atoms in total. The summed E-state index contributed by atoms with van der Waals surface area (Å²) >= 11 is 1.12. The van der Waals surface area contributed by atoms with Crippen molar-refractivity contribution in [2.45, 2.75) is 26.3 Å². The number of halogens is 1. The monoisotopic (exact) mass is 459 g/mol. The minimum Gasteiger partial charge on any atom is -0.397 e. The van der Waals surface area contributed by atoms with Crippen LogP contribution in [0.15, 0.2) is 48.5 Å². The van der Waals surface area contributed by atoms with Gasteiger partial charge in [-0.2, -0.15) is 5.26 Å². The van der Waals surface area contributed by atoms with Crippen LogP contribution in [-0.4, -0.2) is 10.9 Å². The minimum atomic E-state index is -0.377. The molecule has 0 aliphatic carbocycles. The molecular weight excluding hydrogens is 437 g/mol. The van der Waals surface area contributed by atoms with Crippen LogP contribution < -0.4 is 16.8 Å². The van der Waals surface area contributed by atoms with E-state index in [2.05, 4.69) is 30.2 Å². The first-order valence-corrected chi connectivity index (χ1v) is 11.2. The van der Waals surface area contributed by atoms with Crippen LogP contribution in [0.1, 0.15) is 46.1 Å². The number of fused-ring (bicyclic) bond motifs is 1. The second-order valence-corrected chi connectivity index (χ2v) is 8.97. The Morgan fingerprint density at radius 2 is 1.82 bits per heavy atom. The number of benzene rings is 2. The van der Waals surface area contributed by atoms with Gasteiger partial charge in [0.1, 0.15) is 33.0 Å². The number of hydrogen-bond acceptors (Lipinski definition) is 6. The fourth-order valence-corrected chi connectivity index (χ4v) is 4.67. The number of amides is 1. The van der Waals surface area contributed by atoms with E-state index in [0.29, 0.717) is 21.7 Å². The SMILES string of the molecule is CC(C)c1ccc(-c2c(C#N)c(N)nc3sc(C(=O)NCc4ccc(F)cc4)c(N)c23)cc1. The standard InChI is InChI=1S/C25H22FN5OS/c1-13(2)15-5-7-16(8-6-15)19-18(11-27)23(29)31-25-20(19)21(28)22(33-25)24(32)30-12-14-3-9-17(26)10-4-14/h3-10,13H,12,28H2,1-2H3,(H2,29,31)(H,30,32). The normalized spacial score (nSPS) is 11.0. The number of anilines is 2. The third-order valence-electron chi connectivity index (χ3n) is 5.46. The molecule has 2 aromatic heterocycles. The smallest absolute Gasteiger partial charge is 0.263 e. The van der Waals surface area contributed by atoms with Gasteiger partial charge in [-0.15, -0.1) is 11.3 Å². The first-order valence-electron chi connectivity index (χ1n) is 10.3. The second kappa shape index (κ2) is 8.88. The molecule has 1 amide bonds. The average molecular weight is 460 g/mol. The topological polar surface area (TPSA) is 118 Å². The van der Waals surface area contributed by atoms with Gasteiger partial charge in [0.15, 0.2) is 0 Å². The third kappa shape index (κ3) is 4.23. The van der Waals surface area contributed by atoms with E-state index in [1.54, 1.807) is 12.1 Å². The molecule has 0 spiro atoms. The molecule has 2 heterocycles. The molecule has 4 aromatic rings. The molecule has 8 heteroatoms. The predicted molar refractivity (Wildman–Crippen MR) is 130 cm³/mol. The number of nitrogens with zero attached hydrogens (tertiary/aromatic N) is 2. The summed E-state index contributed by atoms with van der Waals surface area (Å²) in [5.41, 5.74) is 16.3. The van der Waals surface area contributed by atoms with Crippen LogP contribution in [0.4, 0.5) is 15.9 Å². The maximum atomic E-state index is 13.1. The molecule has 4 rings (SSSR count). The van der Waals surface area contributed by atoms with E-state index in [1.165, 1.54) is 12.1 Å². The van der Waals surface area contributed by atoms with Crippen molar-refractivity contribution in [1.29, 1.82) is 5.26 Å². The fourth-order valence-electron chi connectivity index (χ4n) is 3.64. The Hall–Kier alpha value is -3.96. The van der Waals surface area contributed by atoms with Crippen LogP contribution in [-0.2, 0) is 6.54 Å². The van der Waals surface area contributed by atoms with Gasteiger partial charge in [0.05, 0.1) is 5.69 Å². The van der Waals surface area contributed by atoms with Crippen molar-refractivity contribution in [2.75, 3.05) is 11.5 Å². The van der Waals surface area contributed by atoms with Crippen LogP contribution >= 0.6 is 11.3 Å². The molecule has 0 saturated carbocycles. The Labute approximate surface area is 194 Å². The molecule has 0 saturated heterocycles. The molecule has 0 unspecified atom stereocenters. The summed E-state index contributed by atoms with van der Waals surface area (Å²) in [5.74, 6) is -0.269. The van der Waals surface area contributed by atoms with Crippen molar-refractivity contribution in [1.82, 2.24) is 10.3 Å². The third-order valence-corrected chi connectivity index (χ3v) is 6.55. The van der Waals surface area contributed by atoms with Gasteiger partial charge >= 0.3 is 0 Å². The molecule has 0 fully saturated rings. The maximum Gasteiger partial charge on any atom is 0.263 e. The highest BCUT2D eigenvalue weighted by Crippen LogP contribution is 2.42. The summed E-state index contributed by atoms with van der Waals surface area (Å²) in [6.45, 7) is 4.42. The predicted octanol–water partition coefficient (Wildman–Crippen LogP) is 5.19. The Balaban J connectivity index is 1.77. The largest absolute Gasteiger partial charge is 0.397 e. The molecule has 0 aliphatic rings. The van der Waals surface area contributed by atoms with Gasteiger partial charge in [0.2, 0.25) is 0 Å². The number of nitrogens with one attached hydrogen (secondary N) is 1. The van der Waals surface area contributed by atoms with Gasteiger partial charge in [0.25, 0.3) is 5.91 Å². The number of carbonyl (C=O) groups is 1. The van der Waals surface area contributed by atoms with Crippen LogP contribution in [0.2, 0.25) is 0 Å². The lowest BCUT2D eigenvalue weighted by atomic mass is 9.94. The molecule has 0 aliphatic heterocycles. The summed E-state index contributed by atoms with van der Waals surface area (Å²) in [7, 11) is 0. The zero-order chi connectivity index (χ0) is 23.7. The summed E-state index contributed by atoms with van der Waals surface area (Å²) in [4.78, 5) is 18.0. The minimum absolute atomic E-state index is 0.0902. The number of aromatic nitrogens is 1. The van der Waals surface area contributed by atoms with Crippen molar-refractivity contribution < 1.29 is 9.18 Å². The highest BCUT2D eigenvalue weighted by molar-refractivity contribution is 7.21. The Bertz CT molecular complexity index is 1390. The van der Waals surface area contributed by atoms with Gasteiger partial charge in [-0.3, -0.25) is 4.79 Å². The second-order valence-electron chi connectivity index (χ2n) is 7.97. The average Bonchev–Trinajstić information content (AvgIpc) is 3.13. The number of thiophene rings is 1. The first kappa shape index (κ1) is 22.2. The van der Waals surface area contributed by atoms with Crippen molar-refractivity contribution in [3.63, 3.8) is 0 Å². The van der Waals surface area contributed by atoms with E-state index in [9.17, 15) is 14.4 Å². The van der Waals surface area contributed by atoms with E-state index >= 15 is 0 Å². The summed E-state index contributed by atoms with van der Waals surface area (Å²) in [6.07, 6.45) is 0. The Morgan fingerprint density at radius 1 is 1.15 bits per heavy atom. The molecule has 2 aromatic carbocycles. The van der Waals surface area contributed by atoms with Gasteiger partial charge in [0, 0.05) is 17.5 Å². The molecule has 166 valence electrons. The van der Waals surface area contributed by atoms with Gasteiger partial charge in [-0.05, 0) is 34.7 Å². The lowest BCUT2D eigenvalue weighted by Crippen LogP contribution is -2.22. The van der Waals surface area contributed by atoms with E-state index in [0.717, 1.165) is 28.0 Å². The molecule has 5 N–H and O–H groups in total. The maximum absolute atomic E-state index is 13.1. The Kier molecular flexibility index (Phi) is 5.99. The number of rotatable bonds is 5. The van der Waals surface area contributed by atoms with Crippen LogP contribution in [0, 0.1) is 17.1 Å². The van der Waals surface area contributed by atoms with Gasteiger partial charge in [-0.1, -0.05) is 50.2 Å². The highest BCUT2D eigenvalue weighted by Gasteiger charge is 2.24. The lowest BCUT2D eigenvalue weighted by molar-refractivity contribution is 0.0956. The number of carbonyl (C=O) groups excluding carboxylic acids is 1. The van der Waals surface area contributed by atoms with Crippen molar-refractivity contribution in [2.24, 2.45) is 0 Å². The van der Waals surface area contributed by atoms with Crippen molar-refractivity contribution in [3.8, 4) is 17.2 Å². The van der Waals surface area contributed by atoms with Crippen LogP contribution in [0.25, 0.3) is 21.3 Å². The number of hydrogen-bond donors (Lipinski definition) is 3. The zero-order valence-electron chi connectivity index (χ0n) is 18.1. The molecule has 33 heavy (non-hydrogen) atoms. The molecule has 0 bridgehead atoms. The number of nitrogen functional groups attached to an aromatic ring is 2. The van der Waals surface area contributed by atoms with Crippen molar-refractivity contribution in [3.05, 3.63) is 75.9 Å². The summed E-state index contributed by atoms with van der Waals surface area (Å²) < 4.78 is 13.1. The zero-order valence-corrected chi connectivity index (χ0v) is 19.0. The summed E-state index contributed by atoms with van der Waals surface area (Å²) in [6, 6.07) is 15.9. The van der Waals surface area contributed by atoms with E-state index in [4.69, 9.17) is 11.5 Å². The highest BCUT2D eigenvalue weighted by atomic mass is 32.1. The quantitative estimate of drug-likeness (QED) is 0.379. The molecule has 0 radical (unpaired) electrons. The van der Waals surface area contributed by atoms with Crippen molar-refractivity contribution >= 4 is 39.0 Å². The Morgan fingerprint density at radius 3 is 2.42 bits per heavy atom. The first-order chi connectivity index (χ1) is 15.8. The molecule has 0 atom stereocenters. The fraction of sp³-hybridized carbons (Fsp3) is 0.160. The van der Waals surface area contributed by atoms with E-state index in [1.807, 2.05) is 24.3 Å². The van der Waals surface area contributed by atoms with Crippen LogP contribution in [0.5, 0.6) is 0 Å². The van der Waals surface area contributed by atoms with E-state index in [-0.39, 0.29) is 40.2 Å². The lowest BCUT2D eigenvalue weighted by Gasteiger charge is -2.11. The number of nitriles is 1. The van der Waals surface area contributed by atoms with Gasteiger partial charge < -0.3 is 16.8 Å². The van der Waals surface area contributed by atoms with Crippen LogP contribution in [0.3, 0.4) is 0 Å². The summed E-state index contributed by atoms with van der Waals surface area (Å²) in [5, 5.41) is 13.1.